The van der Waals surface area contributed by atoms with E-state index in [2.05, 4.69) is 15.8 Å². The Morgan fingerprint density at radius 1 is 1.00 bits per heavy atom. The fourth-order valence-electron chi connectivity index (χ4n) is 4.03. The summed E-state index contributed by atoms with van der Waals surface area (Å²) < 4.78 is 10.5. The first-order valence-corrected chi connectivity index (χ1v) is 13.6. The standard InChI is InChI=1S/C28H26ClN3O6S/c1-2-37-28(36)23-21-9-4-3-5-10-22(21)39-26(23)31-24(33)25(34)32-30-16-17-11-13-20(14-12-17)38-27(35)18-7-6-8-19(29)15-18/h6-8,11-16H,2-5,9-10H2,1H3,(H,31,33)(H,32,34)/b30-16+. The number of nitrogens with zero attached hydrogens (tertiary/aromatic N) is 1. The number of carbonyl (C=O) groups is 4. The molecular weight excluding hydrogens is 542 g/mol. The SMILES string of the molecule is CCOC(=O)c1c(NC(=O)C(=O)N/N=C/c2ccc(OC(=O)c3cccc(Cl)c3)cc2)sc2c1CCCCC2. The number of nitrogens with one attached hydrogen (secondary N) is 2. The van der Waals surface area contributed by atoms with Gasteiger partial charge in [0.25, 0.3) is 0 Å². The fraction of sp³-hybridized carbons (Fsp3) is 0.250. The highest BCUT2D eigenvalue weighted by molar-refractivity contribution is 7.17. The lowest BCUT2D eigenvalue weighted by atomic mass is 10.1. The predicted octanol–water partition coefficient (Wildman–Crippen LogP) is 5.16. The molecule has 0 fully saturated rings. The molecule has 11 heteroatoms. The third-order valence-corrected chi connectivity index (χ3v) is 7.31. The Kier molecular flexibility index (Phi) is 9.45. The molecule has 0 radical (unpaired) electrons. The predicted molar refractivity (Wildman–Crippen MR) is 149 cm³/mol. The molecule has 2 amide bonds. The summed E-state index contributed by atoms with van der Waals surface area (Å²) >= 11 is 7.21. The van der Waals surface area contributed by atoms with E-state index in [0.29, 0.717) is 32.5 Å². The van der Waals surface area contributed by atoms with Crippen LogP contribution >= 0.6 is 22.9 Å². The van der Waals surface area contributed by atoms with E-state index in [1.54, 1.807) is 49.4 Å². The van der Waals surface area contributed by atoms with Crippen LogP contribution in [0.3, 0.4) is 0 Å². The number of carbonyl (C=O) groups excluding carboxylic acids is 4. The van der Waals surface area contributed by atoms with E-state index in [0.717, 1.165) is 42.5 Å². The molecule has 1 aliphatic rings. The number of esters is 2. The van der Waals surface area contributed by atoms with Gasteiger partial charge in [0.05, 0.1) is 23.9 Å². The van der Waals surface area contributed by atoms with Gasteiger partial charge in [0, 0.05) is 9.90 Å². The van der Waals surface area contributed by atoms with Gasteiger partial charge < -0.3 is 14.8 Å². The molecule has 2 aromatic carbocycles. The summed E-state index contributed by atoms with van der Waals surface area (Å²) in [5.41, 5.74) is 4.32. The summed E-state index contributed by atoms with van der Waals surface area (Å²) in [6, 6.07) is 12.8. The second-order valence-electron chi connectivity index (χ2n) is 8.61. The van der Waals surface area contributed by atoms with Crippen molar-refractivity contribution in [1.29, 1.82) is 0 Å². The maximum atomic E-state index is 12.6. The first-order chi connectivity index (χ1) is 18.9. The summed E-state index contributed by atoms with van der Waals surface area (Å²) in [5, 5.41) is 7.11. The van der Waals surface area contributed by atoms with Gasteiger partial charge in [0.1, 0.15) is 10.8 Å². The molecule has 1 aromatic heterocycles. The monoisotopic (exact) mass is 567 g/mol. The summed E-state index contributed by atoms with van der Waals surface area (Å²) in [6.45, 7) is 1.92. The Balaban J connectivity index is 1.35. The smallest absolute Gasteiger partial charge is 0.343 e. The molecule has 0 aliphatic heterocycles. The molecular formula is C28H26ClN3O6S. The largest absolute Gasteiger partial charge is 0.462 e. The van der Waals surface area contributed by atoms with Gasteiger partial charge in [0.15, 0.2) is 0 Å². The lowest BCUT2D eigenvalue weighted by Crippen LogP contribution is -2.32. The van der Waals surface area contributed by atoms with E-state index in [1.807, 2.05) is 0 Å². The van der Waals surface area contributed by atoms with E-state index in [4.69, 9.17) is 21.1 Å². The highest BCUT2D eigenvalue weighted by Gasteiger charge is 2.27. The molecule has 0 bridgehead atoms. The number of thiophene rings is 1. The minimum atomic E-state index is -0.989. The maximum absolute atomic E-state index is 12.6. The number of anilines is 1. The van der Waals surface area contributed by atoms with Crippen LogP contribution in [0.25, 0.3) is 0 Å². The van der Waals surface area contributed by atoms with Gasteiger partial charge >= 0.3 is 23.8 Å². The molecule has 0 saturated heterocycles. The van der Waals surface area contributed by atoms with Crippen LogP contribution in [-0.4, -0.2) is 36.6 Å². The molecule has 39 heavy (non-hydrogen) atoms. The third-order valence-electron chi connectivity index (χ3n) is 5.86. The van der Waals surface area contributed by atoms with E-state index in [1.165, 1.54) is 23.6 Å². The van der Waals surface area contributed by atoms with Gasteiger partial charge in [-0.15, -0.1) is 11.3 Å². The summed E-state index contributed by atoms with van der Waals surface area (Å²) in [4.78, 5) is 50.8. The van der Waals surface area contributed by atoms with Crippen molar-refractivity contribution >= 4 is 57.9 Å². The summed E-state index contributed by atoms with van der Waals surface area (Å²) in [6.07, 6.45) is 5.91. The average molecular weight is 568 g/mol. The van der Waals surface area contributed by atoms with Gasteiger partial charge in [-0.05, 0) is 86.2 Å². The second-order valence-corrected chi connectivity index (χ2v) is 10.2. The highest BCUT2D eigenvalue weighted by atomic mass is 35.5. The number of amides is 2. The highest BCUT2D eigenvalue weighted by Crippen LogP contribution is 2.38. The lowest BCUT2D eigenvalue weighted by Gasteiger charge is -2.08. The molecule has 1 aliphatic carbocycles. The van der Waals surface area contributed by atoms with Gasteiger partial charge in [-0.2, -0.15) is 5.10 Å². The number of hydrogen-bond acceptors (Lipinski definition) is 8. The Bertz CT molecular complexity index is 1420. The van der Waals surface area contributed by atoms with Crippen LogP contribution < -0.4 is 15.5 Å². The molecule has 3 aromatic rings. The maximum Gasteiger partial charge on any atom is 0.343 e. The molecule has 9 nitrogen and oxygen atoms in total. The van der Waals surface area contributed by atoms with Crippen LogP contribution in [0.15, 0.2) is 53.6 Å². The van der Waals surface area contributed by atoms with Crippen molar-refractivity contribution in [2.45, 2.75) is 39.0 Å². The number of aryl methyl sites for hydroxylation is 1. The second kappa shape index (κ2) is 13.2. The van der Waals surface area contributed by atoms with Crippen molar-refractivity contribution in [3.8, 4) is 5.75 Å². The zero-order chi connectivity index (χ0) is 27.8. The average Bonchev–Trinajstić information content (AvgIpc) is 3.09. The van der Waals surface area contributed by atoms with Crippen molar-refractivity contribution in [3.63, 3.8) is 0 Å². The normalized spacial score (nSPS) is 12.8. The lowest BCUT2D eigenvalue weighted by molar-refractivity contribution is -0.136. The number of fused-ring (bicyclic) bond motifs is 1. The van der Waals surface area contributed by atoms with Crippen LogP contribution in [0.5, 0.6) is 5.75 Å². The van der Waals surface area contributed by atoms with Crippen molar-refractivity contribution < 1.29 is 28.7 Å². The molecule has 1 heterocycles. The fourth-order valence-corrected chi connectivity index (χ4v) is 5.49. The van der Waals surface area contributed by atoms with Crippen molar-refractivity contribution in [1.82, 2.24) is 5.43 Å². The molecule has 202 valence electrons. The quantitative estimate of drug-likeness (QED) is 0.102. The van der Waals surface area contributed by atoms with Crippen LogP contribution in [0.4, 0.5) is 5.00 Å². The van der Waals surface area contributed by atoms with Crippen LogP contribution in [0.1, 0.15) is 62.9 Å². The van der Waals surface area contributed by atoms with Gasteiger partial charge in [-0.25, -0.2) is 15.0 Å². The zero-order valence-corrected chi connectivity index (χ0v) is 22.7. The molecule has 0 saturated carbocycles. The van der Waals surface area contributed by atoms with E-state index in [-0.39, 0.29) is 6.61 Å². The van der Waals surface area contributed by atoms with E-state index >= 15 is 0 Å². The number of rotatable bonds is 7. The molecule has 2 N–H and O–H groups in total. The Labute approximate surface area is 234 Å². The van der Waals surface area contributed by atoms with Crippen LogP contribution in [0, 0.1) is 0 Å². The summed E-state index contributed by atoms with van der Waals surface area (Å²) in [7, 11) is 0. The Morgan fingerprint density at radius 2 is 1.77 bits per heavy atom. The van der Waals surface area contributed by atoms with Crippen molar-refractivity contribution in [2.75, 3.05) is 11.9 Å². The van der Waals surface area contributed by atoms with Gasteiger partial charge in [-0.3, -0.25) is 9.59 Å². The summed E-state index contributed by atoms with van der Waals surface area (Å²) in [5.74, 6) is -2.68. The van der Waals surface area contributed by atoms with Crippen LogP contribution in [-0.2, 0) is 27.2 Å². The van der Waals surface area contributed by atoms with E-state index < -0.39 is 23.8 Å². The van der Waals surface area contributed by atoms with Gasteiger partial charge in [-0.1, -0.05) is 24.1 Å². The van der Waals surface area contributed by atoms with Crippen molar-refractivity contribution in [2.24, 2.45) is 5.10 Å². The van der Waals surface area contributed by atoms with E-state index in [9.17, 15) is 19.2 Å². The molecule has 0 spiro atoms. The number of halogens is 1. The minimum Gasteiger partial charge on any atom is -0.462 e. The number of ether oxygens (including phenoxy) is 2. The Morgan fingerprint density at radius 3 is 2.51 bits per heavy atom. The van der Waals surface area contributed by atoms with Crippen LogP contribution in [0.2, 0.25) is 5.02 Å². The van der Waals surface area contributed by atoms with Crippen molar-refractivity contribution in [3.05, 3.63) is 80.7 Å². The first kappa shape index (κ1) is 28.0. The molecule has 0 atom stereocenters. The molecule has 4 rings (SSSR count). The zero-order valence-electron chi connectivity index (χ0n) is 21.1. The van der Waals surface area contributed by atoms with Gasteiger partial charge in [0.2, 0.25) is 0 Å². The number of hydrazone groups is 1. The number of hydrogen-bond donors (Lipinski definition) is 2. The topological polar surface area (TPSA) is 123 Å². The first-order valence-electron chi connectivity index (χ1n) is 12.4. The minimum absolute atomic E-state index is 0.206. The third kappa shape index (κ3) is 7.30. The Hall–Kier alpha value is -4.02. The number of benzene rings is 2. The molecule has 0 unspecified atom stereocenters.